The quantitative estimate of drug-likeness (QED) is 0.758. The summed E-state index contributed by atoms with van der Waals surface area (Å²) in [4.78, 5) is 11.8. The van der Waals surface area contributed by atoms with Gasteiger partial charge in [-0.15, -0.1) is 0 Å². The van der Waals surface area contributed by atoms with Crippen molar-refractivity contribution >= 4 is 21.7 Å². The van der Waals surface area contributed by atoms with Crippen LogP contribution in [0.1, 0.15) is 24.8 Å². The van der Waals surface area contributed by atoms with Crippen LogP contribution in [0.3, 0.4) is 0 Å². The number of nitriles is 1. The molecule has 0 saturated heterocycles. The fraction of sp³-hybridized carbons (Fsp3) is 0.385. The first-order chi connectivity index (χ1) is 8.19. The van der Waals surface area contributed by atoms with E-state index in [0.717, 1.165) is 10.0 Å². The molecule has 0 aliphatic rings. The molecule has 1 rings (SSSR count). The van der Waals surface area contributed by atoms with Crippen LogP contribution in [-0.2, 0) is 9.53 Å². The number of Topliss-reactive ketones (excluding diaryl/α,β-unsaturated/α-hetero) is 1. The number of halogens is 1. The molecule has 1 atom stereocenters. The van der Waals surface area contributed by atoms with Gasteiger partial charge in [0.2, 0.25) is 0 Å². The van der Waals surface area contributed by atoms with Crippen LogP contribution in [0.15, 0.2) is 28.7 Å². The number of ether oxygens (including phenoxy) is 1. The summed E-state index contributed by atoms with van der Waals surface area (Å²) in [7, 11) is 0. The number of ketones is 1. The van der Waals surface area contributed by atoms with Gasteiger partial charge in [-0.1, -0.05) is 28.1 Å². The van der Waals surface area contributed by atoms with Crippen LogP contribution < -0.4 is 0 Å². The fourth-order valence-electron chi connectivity index (χ4n) is 1.45. The van der Waals surface area contributed by atoms with Gasteiger partial charge in [0.05, 0.1) is 12.7 Å². The van der Waals surface area contributed by atoms with Gasteiger partial charge in [0.1, 0.15) is 5.92 Å². The van der Waals surface area contributed by atoms with Crippen molar-refractivity contribution in [2.75, 3.05) is 13.2 Å². The Kier molecular flexibility index (Phi) is 5.88. The number of hydrogen-bond acceptors (Lipinski definition) is 3. The number of benzene rings is 1. The van der Waals surface area contributed by atoms with Gasteiger partial charge >= 0.3 is 0 Å². The first kappa shape index (κ1) is 13.9. The maximum absolute atomic E-state index is 11.8. The molecule has 0 bridgehead atoms. The van der Waals surface area contributed by atoms with Crippen molar-refractivity contribution in [3.63, 3.8) is 0 Å². The fourth-order valence-corrected chi connectivity index (χ4v) is 1.71. The summed E-state index contributed by atoms with van der Waals surface area (Å²) in [5.41, 5.74) is 0.734. The summed E-state index contributed by atoms with van der Waals surface area (Å²) in [5.74, 6) is -0.785. The first-order valence-corrected chi connectivity index (χ1v) is 6.24. The maximum Gasteiger partial charge on any atom is 0.156 e. The summed E-state index contributed by atoms with van der Waals surface area (Å²) in [5, 5.41) is 9.05. The van der Waals surface area contributed by atoms with Crippen LogP contribution in [0.25, 0.3) is 0 Å². The van der Waals surface area contributed by atoms with E-state index >= 15 is 0 Å². The third-order valence-corrected chi connectivity index (χ3v) is 2.88. The van der Waals surface area contributed by atoms with E-state index in [4.69, 9.17) is 10.00 Å². The zero-order valence-electron chi connectivity index (χ0n) is 9.65. The van der Waals surface area contributed by atoms with Crippen LogP contribution >= 0.6 is 15.9 Å². The number of hydrogen-bond donors (Lipinski definition) is 0. The smallest absolute Gasteiger partial charge is 0.156 e. The van der Waals surface area contributed by atoms with E-state index in [1.54, 1.807) is 12.1 Å². The lowest BCUT2D eigenvalue weighted by Crippen LogP contribution is -2.13. The van der Waals surface area contributed by atoms with Gasteiger partial charge in [-0.2, -0.15) is 5.26 Å². The van der Waals surface area contributed by atoms with Gasteiger partial charge in [0.25, 0.3) is 0 Å². The topological polar surface area (TPSA) is 50.1 Å². The van der Waals surface area contributed by atoms with Crippen LogP contribution in [0.4, 0.5) is 0 Å². The largest absolute Gasteiger partial charge is 0.381 e. The lowest BCUT2D eigenvalue weighted by atomic mass is 9.95. The van der Waals surface area contributed by atoms with Crippen molar-refractivity contribution < 1.29 is 9.53 Å². The lowest BCUT2D eigenvalue weighted by molar-refractivity contribution is -0.120. The molecule has 0 aliphatic heterocycles. The van der Waals surface area contributed by atoms with Crippen molar-refractivity contribution in [1.82, 2.24) is 0 Å². The zero-order valence-corrected chi connectivity index (χ0v) is 11.2. The molecule has 0 saturated carbocycles. The molecule has 0 aromatic heterocycles. The van der Waals surface area contributed by atoms with E-state index in [0.29, 0.717) is 13.2 Å². The van der Waals surface area contributed by atoms with Gasteiger partial charge in [-0.3, -0.25) is 4.79 Å². The highest BCUT2D eigenvalue weighted by Gasteiger charge is 2.19. The Hall–Kier alpha value is -1.18. The molecule has 3 nitrogen and oxygen atoms in total. The normalized spacial score (nSPS) is 11.8. The zero-order chi connectivity index (χ0) is 12.7. The van der Waals surface area contributed by atoms with Crippen LogP contribution in [0.5, 0.6) is 0 Å². The van der Waals surface area contributed by atoms with E-state index in [9.17, 15) is 4.79 Å². The van der Waals surface area contributed by atoms with Gasteiger partial charge in [0, 0.05) is 17.5 Å². The second-order valence-electron chi connectivity index (χ2n) is 3.53. The Balaban J connectivity index is 2.68. The Morgan fingerprint density at radius 1 is 1.47 bits per heavy atom. The summed E-state index contributed by atoms with van der Waals surface area (Å²) < 4.78 is 6.05. The number of carbonyl (C=O) groups is 1. The molecule has 1 aromatic carbocycles. The second kappa shape index (κ2) is 7.21. The number of rotatable bonds is 6. The molecule has 0 aliphatic carbocycles. The minimum atomic E-state index is -0.691. The van der Waals surface area contributed by atoms with Gasteiger partial charge in [-0.05, 0) is 24.6 Å². The van der Waals surface area contributed by atoms with Gasteiger partial charge in [0.15, 0.2) is 5.78 Å². The number of nitrogens with zero attached hydrogens (tertiary/aromatic N) is 1. The van der Waals surface area contributed by atoms with E-state index in [1.165, 1.54) is 0 Å². The van der Waals surface area contributed by atoms with Crippen LogP contribution in [0.2, 0.25) is 0 Å². The molecular formula is C13H14BrNO2. The minimum absolute atomic E-state index is 0.0942. The molecule has 4 heteroatoms. The summed E-state index contributed by atoms with van der Waals surface area (Å²) in [6.07, 6.45) is 0.280. The molecule has 0 heterocycles. The number of carbonyl (C=O) groups excluding carboxylic acids is 1. The molecule has 0 radical (unpaired) electrons. The highest BCUT2D eigenvalue weighted by Crippen LogP contribution is 2.20. The molecule has 0 spiro atoms. The van der Waals surface area contributed by atoms with Gasteiger partial charge in [-0.25, -0.2) is 0 Å². The first-order valence-electron chi connectivity index (χ1n) is 5.44. The predicted octanol–water partition coefficient (Wildman–Crippen LogP) is 3.05. The van der Waals surface area contributed by atoms with Crippen molar-refractivity contribution in [1.29, 1.82) is 5.26 Å². The van der Waals surface area contributed by atoms with Crippen molar-refractivity contribution in [3.05, 3.63) is 34.3 Å². The Morgan fingerprint density at radius 2 is 2.12 bits per heavy atom. The molecule has 1 aromatic rings. The molecule has 0 amide bonds. The predicted molar refractivity (Wildman–Crippen MR) is 68.6 cm³/mol. The SMILES string of the molecule is CCOCCC(=O)C(C#N)c1ccc(Br)cc1. The molecule has 0 fully saturated rings. The van der Waals surface area contributed by atoms with Gasteiger partial charge < -0.3 is 4.74 Å². The Morgan fingerprint density at radius 3 is 2.65 bits per heavy atom. The molecule has 1 unspecified atom stereocenters. The van der Waals surface area contributed by atoms with Crippen molar-refractivity contribution in [3.8, 4) is 6.07 Å². The Labute approximate surface area is 110 Å². The molecule has 0 N–H and O–H groups in total. The van der Waals surface area contributed by atoms with Crippen molar-refractivity contribution in [2.24, 2.45) is 0 Å². The standard InChI is InChI=1S/C13H14BrNO2/c1-2-17-8-7-13(16)12(9-15)10-3-5-11(14)6-4-10/h3-6,12H,2,7-8H2,1H3. The van der Waals surface area contributed by atoms with Crippen molar-refractivity contribution in [2.45, 2.75) is 19.3 Å². The maximum atomic E-state index is 11.8. The Bertz CT molecular complexity index is 408. The van der Waals surface area contributed by atoms with Crippen LogP contribution in [-0.4, -0.2) is 19.0 Å². The highest BCUT2D eigenvalue weighted by molar-refractivity contribution is 9.10. The second-order valence-corrected chi connectivity index (χ2v) is 4.44. The van der Waals surface area contributed by atoms with E-state index < -0.39 is 5.92 Å². The molecular weight excluding hydrogens is 282 g/mol. The lowest BCUT2D eigenvalue weighted by Gasteiger charge is -2.08. The van der Waals surface area contributed by atoms with E-state index in [-0.39, 0.29) is 12.2 Å². The average Bonchev–Trinajstić information content (AvgIpc) is 2.33. The monoisotopic (exact) mass is 295 g/mol. The third-order valence-electron chi connectivity index (χ3n) is 2.35. The summed E-state index contributed by atoms with van der Waals surface area (Å²) in [6, 6.07) is 9.28. The molecule has 90 valence electrons. The van der Waals surface area contributed by atoms with E-state index in [1.807, 2.05) is 25.1 Å². The van der Waals surface area contributed by atoms with E-state index in [2.05, 4.69) is 15.9 Å². The molecule has 17 heavy (non-hydrogen) atoms. The average molecular weight is 296 g/mol. The summed E-state index contributed by atoms with van der Waals surface area (Å²) in [6.45, 7) is 2.84. The minimum Gasteiger partial charge on any atom is -0.381 e. The third kappa shape index (κ3) is 4.29. The van der Waals surface area contributed by atoms with Crippen LogP contribution in [0, 0.1) is 11.3 Å². The summed E-state index contributed by atoms with van der Waals surface area (Å²) >= 11 is 3.32. The highest BCUT2D eigenvalue weighted by atomic mass is 79.9.